The normalized spacial score (nSPS) is 22.8. The number of rotatable bonds is 3. The Morgan fingerprint density at radius 2 is 1.83 bits per heavy atom. The van der Waals surface area contributed by atoms with Gasteiger partial charge < -0.3 is 9.64 Å². The van der Waals surface area contributed by atoms with Gasteiger partial charge in [-0.2, -0.15) is 13.2 Å². The van der Waals surface area contributed by atoms with Gasteiger partial charge in [0.05, 0.1) is 24.3 Å². The third-order valence-corrected chi connectivity index (χ3v) is 5.71. The van der Waals surface area contributed by atoms with Gasteiger partial charge in [0.1, 0.15) is 0 Å². The molecule has 0 saturated carbocycles. The second kappa shape index (κ2) is 8.04. The number of anilines is 1. The average molecular weight is 418 g/mol. The highest BCUT2D eigenvalue weighted by atomic mass is 19.4. The molecule has 2 atom stereocenters. The van der Waals surface area contributed by atoms with Gasteiger partial charge in [-0.15, -0.1) is 0 Å². The van der Waals surface area contributed by atoms with E-state index in [4.69, 9.17) is 4.74 Å². The number of amides is 1. The van der Waals surface area contributed by atoms with E-state index in [1.165, 1.54) is 11.0 Å². The van der Waals surface area contributed by atoms with Gasteiger partial charge in [0.25, 0.3) is 5.91 Å². The number of ether oxygens (including phenoxy) is 1. The second-order valence-corrected chi connectivity index (χ2v) is 8.18. The Bertz CT molecular complexity index is 930. The molecule has 4 rings (SSSR count). The van der Waals surface area contributed by atoms with Crippen LogP contribution >= 0.6 is 0 Å². The number of hydrogen-bond acceptors (Lipinski definition) is 3. The maximum absolute atomic E-state index is 13.9. The third kappa shape index (κ3) is 4.23. The minimum atomic E-state index is -4.52. The fourth-order valence-electron chi connectivity index (χ4n) is 4.36. The van der Waals surface area contributed by atoms with Crippen molar-refractivity contribution in [2.75, 3.05) is 18.0 Å². The van der Waals surface area contributed by atoms with Gasteiger partial charge in [-0.3, -0.25) is 9.69 Å². The second-order valence-electron chi connectivity index (χ2n) is 8.18. The molecule has 4 nitrogen and oxygen atoms in total. The topological polar surface area (TPSA) is 32.8 Å². The first kappa shape index (κ1) is 20.9. The van der Waals surface area contributed by atoms with Crippen molar-refractivity contribution in [3.8, 4) is 0 Å². The zero-order valence-corrected chi connectivity index (χ0v) is 17.1. The van der Waals surface area contributed by atoms with E-state index in [-0.39, 0.29) is 35.8 Å². The zero-order chi connectivity index (χ0) is 21.5. The van der Waals surface area contributed by atoms with E-state index in [0.29, 0.717) is 24.3 Å². The Morgan fingerprint density at radius 3 is 2.53 bits per heavy atom. The predicted molar refractivity (Wildman–Crippen MR) is 108 cm³/mol. The Morgan fingerprint density at radius 1 is 1.10 bits per heavy atom. The molecular weight excluding hydrogens is 393 g/mol. The van der Waals surface area contributed by atoms with Crippen LogP contribution in [-0.2, 0) is 24.0 Å². The molecule has 7 heteroatoms. The van der Waals surface area contributed by atoms with Crippen LogP contribution in [0.3, 0.4) is 0 Å². The Hall–Kier alpha value is -2.38. The third-order valence-electron chi connectivity index (χ3n) is 5.71. The van der Waals surface area contributed by atoms with Crippen LogP contribution in [0.2, 0.25) is 0 Å². The maximum Gasteiger partial charge on any atom is 0.416 e. The molecule has 2 aromatic carbocycles. The van der Waals surface area contributed by atoms with Gasteiger partial charge in [-0.25, -0.2) is 0 Å². The number of alkyl halides is 3. The molecule has 2 aliphatic heterocycles. The first-order valence-electron chi connectivity index (χ1n) is 10.2. The standard InChI is InChI=1S/C23H25F3N2O2/c1-15-8-9-27(12-16(2)30-15)13-17-10-19-20(21(11-17)23(24,25)26)14-28(22(19)29)18-6-4-3-5-7-18/h3-7,10-11,15-16H,8-9,12-14H2,1-2H3. The van der Waals surface area contributed by atoms with Crippen molar-refractivity contribution < 1.29 is 22.7 Å². The Balaban J connectivity index is 1.67. The molecule has 2 unspecified atom stereocenters. The highest BCUT2D eigenvalue weighted by molar-refractivity contribution is 6.10. The van der Waals surface area contributed by atoms with Crippen LogP contribution in [0.5, 0.6) is 0 Å². The molecule has 1 amide bonds. The van der Waals surface area contributed by atoms with Crippen LogP contribution in [0.1, 0.15) is 47.3 Å². The summed E-state index contributed by atoms with van der Waals surface area (Å²) in [5, 5.41) is 0. The Labute approximate surface area is 174 Å². The number of benzene rings is 2. The van der Waals surface area contributed by atoms with Gasteiger partial charge in [0.15, 0.2) is 0 Å². The van der Waals surface area contributed by atoms with Crippen molar-refractivity contribution >= 4 is 11.6 Å². The van der Waals surface area contributed by atoms with Crippen LogP contribution in [0.15, 0.2) is 42.5 Å². The molecule has 160 valence electrons. The van der Waals surface area contributed by atoms with Gasteiger partial charge in [-0.1, -0.05) is 18.2 Å². The number of carbonyl (C=O) groups excluding carboxylic acids is 1. The summed E-state index contributed by atoms with van der Waals surface area (Å²) < 4.78 is 47.4. The SMILES string of the molecule is CC1CCN(Cc2cc3c(c(C(F)(F)F)c2)CN(c2ccccc2)C3=O)CC(C)O1. The first-order chi connectivity index (χ1) is 14.2. The van der Waals surface area contributed by atoms with E-state index in [1.807, 2.05) is 19.9 Å². The van der Waals surface area contributed by atoms with Gasteiger partial charge in [0, 0.05) is 30.9 Å². The predicted octanol–water partition coefficient (Wildman–Crippen LogP) is 4.87. The lowest BCUT2D eigenvalue weighted by Gasteiger charge is -2.23. The molecule has 0 aliphatic carbocycles. The van der Waals surface area contributed by atoms with Crippen molar-refractivity contribution in [1.29, 1.82) is 0 Å². The average Bonchev–Trinajstić information content (AvgIpc) is 2.92. The van der Waals surface area contributed by atoms with Crippen LogP contribution in [-0.4, -0.2) is 36.1 Å². The van der Waals surface area contributed by atoms with E-state index >= 15 is 0 Å². The molecule has 0 aromatic heterocycles. The molecule has 0 radical (unpaired) electrons. The molecule has 2 aliphatic rings. The maximum atomic E-state index is 13.9. The molecule has 0 N–H and O–H groups in total. The lowest BCUT2D eigenvalue weighted by Crippen LogP contribution is -2.30. The summed E-state index contributed by atoms with van der Waals surface area (Å²) in [6, 6.07) is 11.7. The van der Waals surface area contributed by atoms with Crippen LogP contribution in [0, 0.1) is 0 Å². The molecular formula is C23H25F3N2O2. The molecule has 1 fully saturated rings. The van der Waals surface area contributed by atoms with Gasteiger partial charge >= 0.3 is 6.18 Å². The molecule has 2 aromatic rings. The quantitative estimate of drug-likeness (QED) is 0.713. The lowest BCUT2D eigenvalue weighted by atomic mass is 9.98. The fraction of sp³-hybridized carbons (Fsp3) is 0.435. The number of para-hydroxylation sites is 1. The van der Waals surface area contributed by atoms with E-state index in [9.17, 15) is 18.0 Å². The van der Waals surface area contributed by atoms with Crippen LogP contribution in [0.4, 0.5) is 18.9 Å². The molecule has 30 heavy (non-hydrogen) atoms. The Kier molecular flexibility index (Phi) is 5.59. The van der Waals surface area contributed by atoms with Crippen molar-refractivity contribution in [3.05, 3.63) is 64.7 Å². The first-order valence-corrected chi connectivity index (χ1v) is 10.2. The van der Waals surface area contributed by atoms with E-state index < -0.39 is 11.7 Å². The van der Waals surface area contributed by atoms with E-state index in [1.54, 1.807) is 30.3 Å². The molecule has 1 saturated heterocycles. The number of hydrogen-bond donors (Lipinski definition) is 0. The fourth-order valence-corrected chi connectivity index (χ4v) is 4.36. The summed E-state index contributed by atoms with van der Waals surface area (Å²) in [7, 11) is 0. The highest BCUT2D eigenvalue weighted by Gasteiger charge is 2.40. The van der Waals surface area contributed by atoms with Crippen molar-refractivity contribution in [3.63, 3.8) is 0 Å². The summed E-state index contributed by atoms with van der Waals surface area (Å²) in [6.07, 6.45) is -3.56. The van der Waals surface area contributed by atoms with Gasteiger partial charge in [0.2, 0.25) is 0 Å². The summed E-state index contributed by atoms with van der Waals surface area (Å²) in [4.78, 5) is 16.5. The number of nitrogens with zero attached hydrogens (tertiary/aromatic N) is 2. The van der Waals surface area contributed by atoms with Crippen molar-refractivity contribution in [2.45, 2.75) is 51.7 Å². The molecule has 0 spiro atoms. The van der Waals surface area contributed by atoms with Crippen LogP contribution < -0.4 is 4.90 Å². The van der Waals surface area contributed by atoms with Crippen LogP contribution in [0.25, 0.3) is 0 Å². The lowest BCUT2D eigenvalue weighted by molar-refractivity contribution is -0.138. The zero-order valence-electron chi connectivity index (χ0n) is 17.1. The number of halogens is 3. The van der Waals surface area contributed by atoms with E-state index in [2.05, 4.69) is 4.90 Å². The summed E-state index contributed by atoms with van der Waals surface area (Å²) in [5.41, 5.74) is 0.596. The monoisotopic (exact) mass is 418 g/mol. The van der Waals surface area contributed by atoms with E-state index in [0.717, 1.165) is 13.0 Å². The highest BCUT2D eigenvalue weighted by Crippen LogP contribution is 2.39. The minimum Gasteiger partial charge on any atom is -0.374 e. The van der Waals surface area contributed by atoms with Crippen molar-refractivity contribution in [1.82, 2.24) is 4.90 Å². The molecule has 0 bridgehead atoms. The van der Waals surface area contributed by atoms with Crippen molar-refractivity contribution in [2.24, 2.45) is 0 Å². The molecule has 2 heterocycles. The largest absolute Gasteiger partial charge is 0.416 e. The number of fused-ring (bicyclic) bond motifs is 1. The smallest absolute Gasteiger partial charge is 0.374 e. The summed E-state index contributed by atoms with van der Waals surface area (Å²) in [6.45, 7) is 5.66. The number of carbonyl (C=O) groups is 1. The van der Waals surface area contributed by atoms with Gasteiger partial charge in [-0.05, 0) is 55.7 Å². The summed E-state index contributed by atoms with van der Waals surface area (Å²) >= 11 is 0. The minimum absolute atomic E-state index is 0.00854. The summed E-state index contributed by atoms with van der Waals surface area (Å²) in [5.74, 6) is -0.385.